The van der Waals surface area contributed by atoms with Crippen LogP contribution in [0.3, 0.4) is 0 Å². The average Bonchev–Trinajstić information content (AvgIpc) is 3.24. The monoisotopic (exact) mass is 535 g/mol. The Morgan fingerprint density at radius 2 is 1.71 bits per heavy atom. The van der Waals surface area contributed by atoms with Gasteiger partial charge in [-0.05, 0) is 37.8 Å². The highest BCUT2D eigenvalue weighted by atomic mass is 32.2. The molecule has 1 aliphatic carbocycles. The predicted octanol–water partition coefficient (Wildman–Crippen LogP) is 3.39. The summed E-state index contributed by atoms with van der Waals surface area (Å²) in [5, 5.41) is 9.25. The van der Waals surface area contributed by atoms with E-state index in [0.29, 0.717) is 32.5 Å². The van der Waals surface area contributed by atoms with Crippen molar-refractivity contribution in [2.75, 3.05) is 31.1 Å². The van der Waals surface area contributed by atoms with Gasteiger partial charge in [0.05, 0.1) is 16.6 Å². The number of amides is 3. The summed E-state index contributed by atoms with van der Waals surface area (Å²) in [6, 6.07) is 9.22. The molecule has 3 fully saturated rings. The number of rotatable bonds is 6. The zero-order valence-corrected chi connectivity index (χ0v) is 22.6. The lowest BCUT2D eigenvalue weighted by molar-refractivity contribution is -0.144. The van der Waals surface area contributed by atoms with Crippen molar-refractivity contribution in [1.82, 2.24) is 9.80 Å². The second-order valence-electron chi connectivity index (χ2n) is 11.2. The van der Waals surface area contributed by atoms with Crippen LogP contribution in [0, 0.1) is 11.8 Å². The van der Waals surface area contributed by atoms with Crippen molar-refractivity contribution < 1.29 is 19.5 Å². The van der Waals surface area contributed by atoms with Gasteiger partial charge in [-0.25, -0.2) is 0 Å². The van der Waals surface area contributed by atoms with Crippen LogP contribution in [0.5, 0.6) is 0 Å². The van der Waals surface area contributed by atoms with Crippen LogP contribution < -0.4 is 4.90 Å². The third kappa shape index (κ3) is 4.11. The molecule has 1 spiro atoms. The maximum atomic E-state index is 14.4. The van der Waals surface area contributed by atoms with E-state index in [9.17, 15) is 19.5 Å². The zero-order valence-electron chi connectivity index (χ0n) is 21.8. The molecule has 202 valence electrons. The molecule has 5 atom stereocenters. The lowest BCUT2D eigenvalue weighted by Crippen LogP contribution is -2.55. The third-order valence-electron chi connectivity index (χ3n) is 9.08. The first-order valence-corrected chi connectivity index (χ1v) is 15.0. The number of thioether (sulfide) groups is 1. The molecule has 0 aromatic heterocycles. The highest BCUT2D eigenvalue weighted by Gasteiger charge is 2.71. The summed E-state index contributed by atoms with van der Waals surface area (Å²) >= 11 is 1.64. The number of fused-ring (bicyclic) bond motifs is 2. The van der Waals surface area contributed by atoms with Crippen LogP contribution in [0.25, 0.3) is 0 Å². The molecule has 6 rings (SSSR count). The van der Waals surface area contributed by atoms with Gasteiger partial charge in [0.25, 0.3) is 0 Å². The van der Waals surface area contributed by atoms with Gasteiger partial charge in [-0.2, -0.15) is 0 Å². The van der Waals surface area contributed by atoms with Crippen LogP contribution in [-0.4, -0.2) is 80.9 Å². The number of unbranched alkanes of at least 4 members (excludes halogenated alkanes) is 1. The van der Waals surface area contributed by atoms with Gasteiger partial charge in [-0.15, -0.1) is 11.8 Å². The fraction of sp³-hybridized carbons (Fsp3) is 0.567. The molecule has 0 radical (unpaired) electrons. The van der Waals surface area contributed by atoms with Crippen molar-refractivity contribution >= 4 is 35.2 Å². The maximum absolute atomic E-state index is 14.4. The van der Waals surface area contributed by atoms with Gasteiger partial charge in [0.2, 0.25) is 17.7 Å². The molecule has 1 aromatic rings. The van der Waals surface area contributed by atoms with Gasteiger partial charge in [0.15, 0.2) is 0 Å². The minimum absolute atomic E-state index is 0.0297. The summed E-state index contributed by atoms with van der Waals surface area (Å²) in [6.07, 6.45) is 15.0. The largest absolute Gasteiger partial charge is 0.396 e. The number of para-hydroxylation sites is 1. The smallest absolute Gasteiger partial charge is 0.247 e. The molecule has 1 N–H and O–H groups in total. The van der Waals surface area contributed by atoms with Gasteiger partial charge < -0.3 is 19.8 Å². The van der Waals surface area contributed by atoms with Crippen molar-refractivity contribution in [3.8, 4) is 0 Å². The van der Waals surface area contributed by atoms with Gasteiger partial charge in [0.1, 0.15) is 6.04 Å². The molecule has 7 nitrogen and oxygen atoms in total. The van der Waals surface area contributed by atoms with E-state index in [1.807, 2.05) is 41.3 Å². The van der Waals surface area contributed by atoms with Crippen molar-refractivity contribution in [3.63, 3.8) is 0 Å². The van der Waals surface area contributed by atoms with Crippen molar-refractivity contribution in [2.24, 2.45) is 11.8 Å². The lowest BCUT2D eigenvalue weighted by Gasteiger charge is -2.39. The number of aliphatic hydroxyl groups is 1. The molecular formula is C30H37N3O4S. The summed E-state index contributed by atoms with van der Waals surface area (Å²) in [5.74, 6) is -1.23. The minimum Gasteiger partial charge on any atom is -0.396 e. The Balaban J connectivity index is 1.39. The van der Waals surface area contributed by atoms with Crippen LogP contribution in [0.15, 0.2) is 54.6 Å². The summed E-state index contributed by atoms with van der Waals surface area (Å²) in [6.45, 7) is 1.50. The van der Waals surface area contributed by atoms with E-state index in [4.69, 9.17) is 0 Å². The third-order valence-corrected chi connectivity index (χ3v) is 10.8. The number of nitrogens with zero attached hydrogens (tertiary/aromatic N) is 3. The quantitative estimate of drug-likeness (QED) is 0.446. The number of carbonyl (C=O) groups is 3. The molecule has 2 saturated heterocycles. The first-order valence-electron chi connectivity index (χ1n) is 14.2. The highest BCUT2D eigenvalue weighted by Crippen LogP contribution is 2.61. The molecule has 8 heteroatoms. The number of hydrogen-bond donors (Lipinski definition) is 1. The Bertz CT molecular complexity index is 1130. The van der Waals surface area contributed by atoms with Crippen LogP contribution in [0.2, 0.25) is 0 Å². The Labute approximate surface area is 228 Å². The van der Waals surface area contributed by atoms with Crippen molar-refractivity contribution in [2.45, 2.75) is 67.0 Å². The van der Waals surface area contributed by atoms with E-state index >= 15 is 0 Å². The van der Waals surface area contributed by atoms with Crippen LogP contribution >= 0.6 is 11.8 Å². The predicted molar refractivity (Wildman–Crippen MR) is 149 cm³/mol. The summed E-state index contributed by atoms with van der Waals surface area (Å²) in [5.41, 5.74) is 0.825. The Hall–Kier alpha value is -2.58. The summed E-state index contributed by atoms with van der Waals surface area (Å²) < 4.78 is -0.772. The number of hydrogen-bond acceptors (Lipinski definition) is 5. The normalized spacial score (nSPS) is 33.3. The average molecular weight is 536 g/mol. The Kier molecular flexibility index (Phi) is 7.12. The Morgan fingerprint density at radius 3 is 2.47 bits per heavy atom. The van der Waals surface area contributed by atoms with E-state index in [0.717, 1.165) is 31.4 Å². The first-order chi connectivity index (χ1) is 18.6. The fourth-order valence-corrected chi connectivity index (χ4v) is 9.36. The standard InChI is InChI=1S/C30H37N3O4S/c34-20-8-7-17-33-26-29(37)32(22-13-5-2-6-14-22)19-10-16-30(26)25(28(33)36)24-23(38-30)15-9-18-31(27(24)35)21-11-3-1-4-12-21/h1,3-4,9-12,15-16,22-26,34H,2,5-8,13-14,17-20H2/t23-,24+,25+,26?,30+/m1/s1. The van der Waals surface area contributed by atoms with E-state index in [1.165, 1.54) is 6.42 Å². The molecule has 1 saturated carbocycles. The number of likely N-dealkylation sites (tertiary alicyclic amines) is 1. The molecule has 4 aliphatic heterocycles. The number of anilines is 1. The molecule has 3 amide bonds. The van der Waals surface area contributed by atoms with Crippen molar-refractivity contribution in [1.29, 1.82) is 0 Å². The van der Waals surface area contributed by atoms with E-state index in [1.54, 1.807) is 21.6 Å². The van der Waals surface area contributed by atoms with Gasteiger partial charge >= 0.3 is 0 Å². The minimum atomic E-state index is -0.772. The van der Waals surface area contributed by atoms with E-state index in [-0.39, 0.29) is 35.6 Å². The number of carbonyl (C=O) groups excluding carboxylic acids is 3. The van der Waals surface area contributed by atoms with Crippen LogP contribution in [0.4, 0.5) is 5.69 Å². The maximum Gasteiger partial charge on any atom is 0.247 e. The fourth-order valence-electron chi connectivity index (χ4n) is 7.35. The van der Waals surface area contributed by atoms with Crippen LogP contribution in [-0.2, 0) is 14.4 Å². The van der Waals surface area contributed by atoms with Gasteiger partial charge in [-0.3, -0.25) is 14.4 Å². The summed E-state index contributed by atoms with van der Waals surface area (Å²) in [7, 11) is 0. The molecule has 38 heavy (non-hydrogen) atoms. The molecule has 1 unspecified atom stereocenters. The topological polar surface area (TPSA) is 81.2 Å². The lowest BCUT2D eigenvalue weighted by atomic mass is 9.78. The molecule has 0 bridgehead atoms. The van der Waals surface area contributed by atoms with Crippen LogP contribution in [0.1, 0.15) is 44.9 Å². The van der Waals surface area contributed by atoms with Crippen molar-refractivity contribution in [3.05, 3.63) is 54.6 Å². The first kappa shape index (κ1) is 25.7. The zero-order chi connectivity index (χ0) is 26.3. The summed E-state index contributed by atoms with van der Waals surface area (Å²) in [4.78, 5) is 48.5. The molecule has 4 heterocycles. The SMILES string of the molecule is O=C1[C@@H]2[C@H]3C(=O)N(CCCCO)C4C(=O)N(C5CCCCC5)CC=C[C@@]43S[C@@H]2C=CCN1c1ccccc1. The second kappa shape index (κ2) is 10.5. The van der Waals surface area contributed by atoms with Gasteiger partial charge in [0, 0.05) is 43.2 Å². The van der Waals surface area contributed by atoms with Gasteiger partial charge in [-0.1, -0.05) is 61.8 Å². The molecular weight excluding hydrogens is 498 g/mol. The van der Waals surface area contributed by atoms with E-state index in [2.05, 4.69) is 18.2 Å². The Morgan fingerprint density at radius 1 is 0.921 bits per heavy atom. The number of aliphatic hydroxyl groups excluding tert-OH is 1. The molecule has 5 aliphatic rings. The highest BCUT2D eigenvalue weighted by molar-refractivity contribution is 8.02. The second-order valence-corrected chi connectivity index (χ2v) is 12.7. The number of benzene rings is 1. The van der Waals surface area contributed by atoms with E-state index < -0.39 is 22.6 Å². The molecule has 1 aromatic carbocycles.